The highest BCUT2D eigenvalue weighted by Gasteiger charge is 2.19. The van der Waals surface area contributed by atoms with Crippen molar-refractivity contribution < 1.29 is 9.53 Å². The molecule has 0 bridgehead atoms. The zero-order valence-corrected chi connectivity index (χ0v) is 19.7. The zero-order valence-electron chi connectivity index (χ0n) is 18.2. The highest BCUT2D eigenvalue weighted by Crippen LogP contribution is 2.31. The number of carbonyl (C=O) groups excluding carboxylic acids is 1. The highest BCUT2D eigenvalue weighted by molar-refractivity contribution is 7.99. The lowest BCUT2D eigenvalue weighted by Crippen LogP contribution is -2.25. The van der Waals surface area contributed by atoms with Crippen LogP contribution in [0.3, 0.4) is 0 Å². The molecular formula is C24H22ClN5O2S. The molecule has 168 valence electrons. The number of halogens is 1. The number of rotatable bonds is 8. The van der Waals surface area contributed by atoms with Crippen molar-refractivity contribution in [3.63, 3.8) is 0 Å². The fourth-order valence-corrected chi connectivity index (χ4v) is 4.28. The average Bonchev–Trinajstić information content (AvgIpc) is 3.27. The van der Waals surface area contributed by atoms with E-state index in [0.717, 1.165) is 28.1 Å². The van der Waals surface area contributed by atoms with Gasteiger partial charge in [0.25, 0.3) is 0 Å². The number of para-hydroxylation sites is 1. The number of hydrogen-bond donors (Lipinski definition) is 1. The molecule has 0 radical (unpaired) electrons. The van der Waals surface area contributed by atoms with Gasteiger partial charge in [0.05, 0.1) is 18.6 Å². The summed E-state index contributed by atoms with van der Waals surface area (Å²) in [5.41, 5.74) is 3.54. The molecule has 33 heavy (non-hydrogen) atoms. The first kappa shape index (κ1) is 22.8. The number of amides is 1. The van der Waals surface area contributed by atoms with Crippen LogP contribution >= 0.6 is 23.4 Å². The fraction of sp³-hybridized carbons (Fsp3) is 0.167. The average molecular weight is 480 g/mol. The Balaban J connectivity index is 1.56. The third kappa shape index (κ3) is 5.18. The molecule has 0 fully saturated rings. The van der Waals surface area contributed by atoms with Gasteiger partial charge in [-0.2, -0.15) is 0 Å². The van der Waals surface area contributed by atoms with Crippen LogP contribution in [-0.2, 0) is 11.3 Å². The van der Waals surface area contributed by atoms with Crippen LogP contribution in [0.5, 0.6) is 5.75 Å². The van der Waals surface area contributed by atoms with E-state index in [0.29, 0.717) is 22.5 Å². The summed E-state index contributed by atoms with van der Waals surface area (Å²) in [6.45, 7) is 2.33. The third-order valence-corrected chi connectivity index (χ3v) is 6.39. The van der Waals surface area contributed by atoms with E-state index in [1.807, 2.05) is 66.1 Å². The zero-order chi connectivity index (χ0) is 23.2. The Morgan fingerprint density at radius 3 is 2.67 bits per heavy atom. The van der Waals surface area contributed by atoms with Crippen molar-refractivity contribution in [3.05, 3.63) is 83.1 Å². The molecule has 4 aromatic rings. The van der Waals surface area contributed by atoms with Crippen molar-refractivity contribution in [3.8, 4) is 22.8 Å². The molecule has 2 aromatic heterocycles. The number of thioether (sulfide) groups is 1. The molecular weight excluding hydrogens is 458 g/mol. The van der Waals surface area contributed by atoms with Crippen molar-refractivity contribution in [1.82, 2.24) is 25.1 Å². The van der Waals surface area contributed by atoms with E-state index >= 15 is 0 Å². The van der Waals surface area contributed by atoms with Crippen LogP contribution in [-0.4, -0.2) is 38.5 Å². The number of ether oxygens (including phenoxy) is 1. The summed E-state index contributed by atoms with van der Waals surface area (Å²) in [5, 5.41) is 12.9. The predicted molar refractivity (Wildman–Crippen MR) is 130 cm³/mol. The molecule has 0 unspecified atom stereocenters. The Labute approximate surface area is 201 Å². The van der Waals surface area contributed by atoms with E-state index in [2.05, 4.69) is 20.5 Å². The maximum absolute atomic E-state index is 12.6. The summed E-state index contributed by atoms with van der Waals surface area (Å²) in [7, 11) is 1.61. The van der Waals surface area contributed by atoms with Gasteiger partial charge >= 0.3 is 0 Å². The largest absolute Gasteiger partial charge is 0.496 e. The molecule has 2 aromatic carbocycles. The summed E-state index contributed by atoms with van der Waals surface area (Å²) >= 11 is 7.70. The van der Waals surface area contributed by atoms with Crippen LogP contribution in [0, 0.1) is 6.92 Å². The molecule has 0 aliphatic heterocycles. The second kappa shape index (κ2) is 10.5. The van der Waals surface area contributed by atoms with Gasteiger partial charge < -0.3 is 10.1 Å². The van der Waals surface area contributed by atoms with E-state index < -0.39 is 0 Å². The molecule has 1 amide bonds. The Hall–Kier alpha value is -3.36. The number of nitrogens with one attached hydrogen (secondary N) is 1. The summed E-state index contributed by atoms with van der Waals surface area (Å²) in [5.74, 6) is 1.46. The van der Waals surface area contributed by atoms with Gasteiger partial charge in [-0.3, -0.25) is 14.3 Å². The quantitative estimate of drug-likeness (QED) is 0.368. The summed E-state index contributed by atoms with van der Waals surface area (Å²) in [6, 6.07) is 17.0. The first-order chi connectivity index (χ1) is 16.1. The number of benzene rings is 2. The Morgan fingerprint density at radius 1 is 1.09 bits per heavy atom. The maximum atomic E-state index is 12.6. The van der Waals surface area contributed by atoms with E-state index in [1.54, 1.807) is 19.5 Å². The third-order valence-electron chi connectivity index (χ3n) is 5.05. The molecule has 9 heteroatoms. The van der Waals surface area contributed by atoms with Crippen LogP contribution in [0.2, 0.25) is 5.02 Å². The number of aromatic nitrogens is 4. The summed E-state index contributed by atoms with van der Waals surface area (Å²) in [4.78, 5) is 16.7. The molecule has 1 N–H and O–H groups in total. The maximum Gasteiger partial charge on any atom is 0.230 e. The van der Waals surface area contributed by atoms with Gasteiger partial charge in [0, 0.05) is 35.1 Å². The minimum Gasteiger partial charge on any atom is -0.496 e. The Bertz CT molecular complexity index is 1260. The van der Waals surface area contributed by atoms with Crippen molar-refractivity contribution in [1.29, 1.82) is 0 Å². The van der Waals surface area contributed by atoms with Crippen molar-refractivity contribution in [2.24, 2.45) is 0 Å². The fourth-order valence-electron chi connectivity index (χ4n) is 3.33. The first-order valence-corrected chi connectivity index (χ1v) is 11.6. The van der Waals surface area contributed by atoms with Gasteiger partial charge in [-0.1, -0.05) is 47.6 Å². The predicted octanol–water partition coefficient (Wildman–Crippen LogP) is 4.71. The number of carbonyl (C=O) groups is 1. The van der Waals surface area contributed by atoms with Gasteiger partial charge in [-0.15, -0.1) is 10.2 Å². The van der Waals surface area contributed by atoms with E-state index in [1.165, 1.54) is 11.8 Å². The summed E-state index contributed by atoms with van der Waals surface area (Å²) in [6.07, 6.45) is 3.41. The van der Waals surface area contributed by atoms with Crippen molar-refractivity contribution in [2.45, 2.75) is 18.6 Å². The van der Waals surface area contributed by atoms with E-state index in [9.17, 15) is 4.79 Å². The molecule has 0 saturated carbocycles. The topological polar surface area (TPSA) is 81.9 Å². The van der Waals surface area contributed by atoms with Crippen LogP contribution in [0.25, 0.3) is 17.1 Å². The first-order valence-electron chi connectivity index (χ1n) is 10.2. The molecule has 0 spiro atoms. The number of hydrogen-bond acceptors (Lipinski definition) is 6. The van der Waals surface area contributed by atoms with Crippen LogP contribution in [0.15, 0.2) is 72.1 Å². The molecule has 0 aliphatic rings. The van der Waals surface area contributed by atoms with Gasteiger partial charge in [0.2, 0.25) is 5.91 Å². The van der Waals surface area contributed by atoms with E-state index in [-0.39, 0.29) is 11.7 Å². The van der Waals surface area contributed by atoms with Gasteiger partial charge in [0.15, 0.2) is 11.0 Å². The molecule has 0 saturated heterocycles. The number of methoxy groups -OCH3 is 1. The van der Waals surface area contributed by atoms with Crippen molar-refractivity contribution >= 4 is 29.3 Å². The lowest BCUT2D eigenvalue weighted by molar-refractivity contribution is -0.118. The SMILES string of the molecule is COc1ccccc1CNC(=O)CSc1nnc(-c2ccncc2)n1-c1cccc(Cl)c1C. The minimum atomic E-state index is -0.117. The Morgan fingerprint density at radius 2 is 1.88 bits per heavy atom. The second-order valence-electron chi connectivity index (χ2n) is 7.14. The van der Waals surface area contributed by atoms with Crippen LogP contribution in [0.4, 0.5) is 0 Å². The minimum absolute atomic E-state index is 0.117. The molecule has 0 atom stereocenters. The van der Waals surface area contributed by atoms with Crippen LogP contribution in [0.1, 0.15) is 11.1 Å². The lowest BCUT2D eigenvalue weighted by atomic mass is 10.2. The van der Waals surface area contributed by atoms with Gasteiger partial charge in [-0.25, -0.2) is 0 Å². The molecule has 4 rings (SSSR count). The van der Waals surface area contributed by atoms with Gasteiger partial charge in [0.1, 0.15) is 5.75 Å². The number of pyridine rings is 1. The molecule has 2 heterocycles. The standard InChI is InChI=1S/C24H22ClN5O2S/c1-16-19(25)7-5-8-20(16)30-23(17-10-12-26-13-11-17)28-29-24(30)33-15-22(31)27-14-18-6-3-4-9-21(18)32-2/h3-13H,14-15H2,1-2H3,(H,27,31). The lowest BCUT2D eigenvalue weighted by Gasteiger charge is -2.14. The van der Waals surface area contributed by atoms with Gasteiger partial charge in [-0.05, 0) is 42.8 Å². The van der Waals surface area contributed by atoms with Crippen LogP contribution < -0.4 is 10.1 Å². The molecule has 7 nitrogen and oxygen atoms in total. The monoisotopic (exact) mass is 479 g/mol. The highest BCUT2D eigenvalue weighted by atomic mass is 35.5. The van der Waals surface area contributed by atoms with Crippen molar-refractivity contribution in [2.75, 3.05) is 12.9 Å². The Kier molecular flexibility index (Phi) is 7.26. The number of nitrogens with zero attached hydrogens (tertiary/aromatic N) is 4. The molecule has 0 aliphatic carbocycles. The second-order valence-corrected chi connectivity index (χ2v) is 8.49. The summed E-state index contributed by atoms with van der Waals surface area (Å²) < 4.78 is 7.27. The van der Waals surface area contributed by atoms with E-state index in [4.69, 9.17) is 16.3 Å². The smallest absolute Gasteiger partial charge is 0.230 e. The normalized spacial score (nSPS) is 10.8.